The fourth-order valence-electron chi connectivity index (χ4n) is 10.8. The molecule has 3 saturated heterocycles. The summed E-state index contributed by atoms with van der Waals surface area (Å²) >= 11 is 0. The number of hydrogen-bond acceptors (Lipinski definition) is 9. The second-order valence-corrected chi connectivity index (χ2v) is 22.0. The normalized spacial score (nSPS) is 13.0. The summed E-state index contributed by atoms with van der Waals surface area (Å²) < 4.78 is 0. The van der Waals surface area contributed by atoms with Gasteiger partial charge in [0.05, 0.1) is 16.6 Å². The molecule has 1 saturated carbocycles. The first-order valence-electron chi connectivity index (χ1n) is 40.9. The van der Waals surface area contributed by atoms with E-state index in [-0.39, 0.29) is 95.2 Å². The van der Waals surface area contributed by atoms with Crippen LogP contribution in [0.1, 0.15) is 204 Å². The van der Waals surface area contributed by atoms with E-state index < -0.39 is 0 Å². The number of benzene rings is 7. The monoisotopic (exact) mass is 1770 g/mol. The van der Waals surface area contributed by atoms with Gasteiger partial charge in [0.25, 0.3) is 0 Å². The Morgan fingerprint density at radius 1 is 0.387 bits per heavy atom. The summed E-state index contributed by atoms with van der Waals surface area (Å²) in [5, 5.41) is 15.9. The van der Waals surface area contributed by atoms with Gasteiger partial charge >= 0.3 is 0 Å². The maximum absolute atomic E-state index is 11.0. The van der Waals surface area contributed by atoms with Crippen LogP contribution in [0.3, 0.4) is 0 Å². The minimum Gasteiger partial charge on any atom is -0.659 e. The number of aromatic nitrogens is 3. The van der Waals surface area contributed by atoms with Crippen molar-refractivity contribution in [3.8, 4) is 0 Å². The smallest absolute Gasteiger partial charge is 0.155 e. The van der Waals surface area contributed by atoms with Crippen molar-refractivity contribution in [3.05, 3.63) is 289 Å². The van der Waals surface area contributed by atoms with Crippen molar-refractivity contribution in [1.29, 1.82) is 0 Å². The van der Waals surface area contributed by atoms with E-state index in [4.69, 9.17) is 0 Å². The zero-order chi connectivity index (χ0) is 81.4. The van der Waals surface area contributed by atoms with Crippen LogP contribution in [0, 0.1) is 27.7 Å². The molecule has 0 amide bonds. The summed E-state index contributed by atoms with van der Waals surface area (Å²) in [6.45, 7) is 63.8. The van der Waals surface area contributed by atoms with Crippen molar-refractivity contribution in [1.82, 2.24) is 20.3 Å². The number of Topliss-reactive ketones (excluding diaryl/α,β-unsaturated/α-hetero) is 1. The van der Waals surface area contributed by atoms with Crippen molar-refractivity contribution in [3.63, 3.8) is 0 Å². The molecule has 1 unspecified atom stereocenters. The molecule has 111 heavy (non-hydrogen) atoms. The number of piperazine rings is 3. The number of halogens is 1. The summed E-state index contributed by atoms with van der Waals surface area (Å²) in [5.41, 5.74) is 13.2. The van der Waals surface area contributed by atoms with Gasteiger partial charge in [-0.2, -0.15) is 49.2 Å². The van der Waals surface area contributed by atoms with Gasteiger partial charge in [0, 0.05) is 163 Å². The fourth-order valence-corrected chi connectivity index (χ4v) is 10.8. The van der Waals surface area contributed by atoms with Gasteiger partial charge in [-0.25, -0.2) is 0 Å². The predicted octanol–water partition coefficient (Wildman–Crippen LogP) is 26.8. The molecule has 2 aliphatic carbocycles. The Balaban J connectivity index is -0.000000278. The second-order valence-electron chi connectivity index (χ2n) is 22.0. The third kappa shape index (κ3) is 49.9. The zero-order valence-electron chi connectivity index (χ0n) is 73.0. The fraction of sp³-hybridized carbons (Fsp3) is 0.412. The molecule has 3 aliphatic heterocycles. The number of pyridine rings is 3. The maximum atomic E-state index is 11.0. The summed E-state index contributed by atoms with van der Waals surface area (Å²) in [5.74, 6) is 1.19. The van der Waals surface area contributed by atoms with Crippen LogP contribution in [0.4, 0.5) is 17.1 Å². The van der Waals surface area contributed by atoms with Crippen molar-refractivity contribution < 1.29 is 75.0 Å². The molecule has 10 aromatic rings. The number of rotatable bonds is 4. The Kier molecular flexibility index (Phi) is 85.3. The molecule has 14 heteroatoms. The third-order valence-corrected chi connectivity index (χ3v) is 15.4. The van der Waals surface area contributed by atoms with E-state index in [1.165, 1.54) is 49.9 Å². The number of carbonyl (C=O) groups excluding carboxylic acids is 2. The molecular weight excluding hydrogens is 1630 g/mol. The quantitative estimate of drug-likeness (QED) is 0.136. The molecule has 11 nitrogen and oxygen atoms in total. The average molecular weight is 1780 g/mol. The largest absolute Gasteiger partial charge is 0.659 e. The van der Waals surface area contributed by atoms with Gasteiger partial charge in [0.2, 0.25) is 0 Å². The molecule has 6 heterocycles. The van der Waals surface area contributed by atoms with Crippen molar-refractivity contribution in [2.45, 2.75) is 190 Å². The van der Waals surface area contributed by atoms with Gasteiger partial charge in [-0.1, -0.05) is 248 Å². The number of anilines is 3. The molecule has 4 fully saturated rings. The number of nitrogens with zero attached hydrogens (tertiary/aromatic N) is 8. The van der Waals surface area contributed by atoms with Gasteiger partial charge < -0.3 is 30.7 Å². The van der Waals surface area contributed by atoms with E-state index in [0.29, 0.717) is 11.7 Å². The Morgan fingerprint density at radius 2 is 0.730 bits per heavy atom. The first-order chi connectivity index (χ1) is 53.2. The predicted molar refractivity (Wildman–Crippen MR) is 499 cm³/mol. The number of nitrogens with one attached hydrogen (secondary N) is 1. The zero-order valence-corrected chi connectivity index (χ0v) is 81.0. The first-order valence-corrected chi connectivity index (χ1v) is 40.9. The Morgan fingerprint density at radius 3 is 1.01 bits per heavy atom. The van der Waals surface area contributed by atoms with Crippen LogP contribution in [0.5, 0.6) is 0 Å². The van der Waals surface area contributed by atoms with Crippen molar-refractivity contribution in [2.75, 3.05) is 93.2 Å². The standard InChI is InChI=1S/C13H15N3.2C13H14N3.C11H12O.C8H9.C7H8.C7H7.C5H6O.10C2H6.HI.2Y/c3*1-4-12-11(3-2-6-15-12)13(5-1)16-9-7-14-8-10-16;12-11-7-6-10(8-11)9-4-2-1-3-5-9;1-7-4-3-5-8(2)6-7;2*1-7-5-3-2-4-6-7;6-5-3-1-2-4-5;10*1-2;;;/h1-6,14H,7-10H2;2*1-6H,7-10H2;1-5,10H,6-8H2;3-6H,1H2,2H3;2-6H,1H3;2-6H,1H2;1,3H,2,4H2;10*1-2H3;1H;;/q;2*-1;;-1;;-1;;;;;;;;;;;;;;. The molecule has 1 atom stereocenters. The van der Waals surface area contributed by atoms with Gasteiger partial charge in [0.1, 0.15) is 5.78 Å². The minimum absolute atomic E-state index is 0. The number of hydrogen-bond donors (Lipinski definition) is 1. The van der Waals surface area contributed by atoms with Gasteiger partial charge in [-0.3, -0.25) is 24.5 Å². The number of aryl methyl sites for hydroxylation is 2. The number of carbonyl (C=O) groups is 2. The molecule has 15 rings (SSSR count). The van der Waals surface area contributed by atoms with Crippen LogP contribution in [0.15, 0.2) is 237 Å². The molecular formula is C97H146IN9O2Y2-4. The topological polar surface area (TPSA) is 123 Å². The SMILES string of the molecule is CC.CC.CC.CC.CC.CC.CC.CC.CC.CC.Cc1ccccc1.I.O=C1C=CCC1.O=C1CCC(c2ccccc2)C1.[CH2-]c1cccc(C)c1.[CH2-]c1ccccc1.[Y].[Y].c1cc(N2CCNCC2)c2cccnc2c1.c1cc(N2CC[N-]CC2)c2cccnc2c1.c1cc(N2CC[N-]CC2)c2cccnc2c1. The molecule has 1 N–H and O–H groups in total. The molecule has 5 aliphatic rings. The summed E-state index contributed by atoms with van der Waals surface area (Å²) in [6, 6.07) is 70.0. The Labute approximate surface area is 746 Å². The third-order valence-electron chi connectivity index (χ3n) is 15.4. The average Bonchev–Trinajstić information content (AvgIpc) is 1.49. The van der Waals surface area contributed by atoms with Crippen LogP contribution in [-0.2, 0) is 75.0 Å². The van der Waals surface area contributed by atoms with Crippen LogP contribution in [0.2, 0.25) is 0 Å². The van der Waals surface area contributed by atoms with E-state index in [0.717, 1.165) is 138 Å². The molecule has 3 aromatic heterocycles. The number of ketones is 2. The van der Waals surface area contributed by atoms with Gasteiger partial charge in [-0.15, -0.1) is 73.9 Å². The molecule has 0 spiro atoms. The van der Waals surface area contributed by atoms with Crippen LogP contribution >= 0.6 is 24.0 Å². The van der Waals surface area contributed by atoms with Crippen molar-refractivity contribution >= 4 is 85.3 Å². The molecule has 7 aromatic carbocycles. The molecule has 608 valence electrons. The summed E-state index contributed by atoms with van der Waals surface area (Å²) in [7, 11) is 0. The van der Waals surface area contributed by atoms with Gasteiger partial charge in [-0.05, 0) is 136 Å². The number of allylic oxidation sites excluding steroid dienone is 2. The number of fused-ring (bicyclic) bond motifs is 3. The molecule has 2 radical (unpaired) electrons. The first kappa shape index (κ1) is 116. The van der Waals surface area contributed by atoms with E-state index in [1.54, 1.807) is 6.08 Å². The summed E-state index contributed by atoms with van der Waals surface area (Å²) in [6.07, 6.45) is 13.4. The van der Waals surface area contributed by atoms with Crippen LogP contribution in [0.25, 0.3) is 43.3 Å². The summed E-state index contributed by atoms with van der Waals surface area (Å²) in [4.78, 5) is 41.6. The van der Waals surface area contributed by atoms with Gasteiger partial charge in [0.15, 0.2) is 5.78 Å². The second kappa shape index (κ2) is 81.8. The maximum Gasteiger partial charge on any atom is 0.155 e. The minimum atomic E-state index is 0. The van der Waals surface area contributed by atoms with E-state index in [1.807, 2.05) is 260 Å². The Bertz CT molecular complexity index is 3410. The van der Waals surface area contributed by atoms with E-state index >= 15 is 0 Å². The van der Waals surface area contributed by atoms with Crippen LogP contribution < -0.4 is 20.0 Å². The van der Waals surface area contributed by atoms with Crippen LogP contribution in [-0.4, -0.2) is 105 Å². The Hall–Kier alpha value is -6.19. The van der Waals surface area contributed by atoms with Crippen molar-refractivity contribution in [2.24, 2.45) is 0 Å². The van der Waals surface area contributed by atoms with E-state index in [2.05, 4.69) is 182 Å². The van der Waals surface area contributed by atoms with E-state index in [9.17, 15) is 9.59 Å². The molecule has 0 bridgehead atoms.